The van der Waals surface area contributed by atoms with Crippen molar-refractivity contribution in [2.45, 2.75) is 26.2 Å². The number of benzene rings is 2. The molecule has 2 N–H and O–H groups in total. The fourth-order valence-electron chi connectivity index (χ4n) is 6.03. The van der Waals surface area contributed by atoms with Gasteiger partial charge in [-0.05, 0) is 44.2 Å². The molecule has 6 heterocycles. The Kier molecular flexibility index (Phi) is 12.6. The van der Waals surface area contributed by atoms with Crippen LogP contribution in [-0.2, 0) is 12.4 Å². The number of nitrogens with one attached hydrogen (secondary N) is 2. The summed E-state index contributed by atoms with van der Waals surface area (Å²) in [5.74, 6) is -7.61. The zero-order chi connectivity index (χ0) is 46.6. The lowest BCUT2D eigenvalue weighted by atomic mass is 10.2. The highest BCUT2D eigenvalue weighted by Gasteiger charge is 2.40. The van der Waals surface area contributed by atoms with Crippen LogP contribution in [0.15, 0.2) is 92.0 Å². The Balaban J connectivity index is 0.000000194. The van der Waals surface area contributed by atoms with Gasteiger partial charge in [-0.15, -0.1) is 0 Å². The van der Waals surface area contributed by atoms with Crippen molar-refractivity contribution < 1.29 is 58.6 Å². The summed E-state index contributed by atoms with van der Waals surface area (Å²) in [7, 11) is 0. The number of hydrogen-bond acceptors (Lipinski definition) is 12. The highest BCUT2D eigenvalue weighted by molar-refractivity contribution is 6.04. The molecule has 65 heavy (non-hydrogen) atoms. The summed E-state index contributed by atoms with van der Waals surface area (Å²) in [6.07, 6.45) is -2.12. The molecule has 334 valence electrons. The summed E-state index contributed by atoms with van der Waals surface area (Å²) in [6.45, 7) is 4.16. The fourth-order valence-corrected chi connectivity index (χ4v) is 6.03. The van der Waals surface area contributed by atoms with Gasteiger partial charge in [0.05, 0.1) is 84.2 Å². The second-order valence-corrected chi connectivity index (χ2v) is 13.0. The monoisotopic (exact) mass is 910 g/mol. The molecule has 0 aliphatic rings. The first-order valence-corrected chi connectivity index (χ1v) is 18.6. The second kappa shape index (κ2) is 18.2. The standard InChI is InChI=1S/C20H13F5N6O2.C20H14F4N6O2/c1-2-33-10-3-4-14-13(5-10)29-19(20(23,24)25)31(14)16-9-27-15(8-28-16)30-18(32)17-11(21)6-26-7-12(17)22;1-2-32-11-3-4-15-14(7-11)28-19(20(22,23)24)30(15)17-10-26-16(9-27-17)29-18(31)12-5-6-25-8-13(12)21/h3-9H,2H2,1H3,(H,27,30,32);3-10H,2H2,1H3,(H,26,29,31). The number of carbonyl (C=O) groups is 2. The topological polar surface area (TPSA) is 190 Å². The minimum Gasteiger partial charge on any atom is -0.494 e. The van der Waals surface area contributed by atoms with Crippen LogP contribution in [-0.4, -0.2) is 74.0 Å². The third-order valence-electron chi connectivity index (χ3n) is 8.70. The summed E-state index contributed by atoms with van der Waals surface area (Å²) in [5, 5.41) is 4.46. The fraction of sp³-hybridized carbons (Fsp3) is 0.150. The third kappa shape index (κ3) is 9.72. The van der Waals surface area contributed by atoms with Crippen LogP contribution in [0.1, 0.15) is 46.2 Å². The van der Waals surface area contributed by atoms with E-state index in [4.69, 9.17) is 9.47 Å². The first-order valence-electron chi connectivity index (χ1n) is 18.6. The number of nitrogens with zero attached hydrogens (tertiary/aromatic N) is 10. The number of rotatable bonds is 10. The van der Waals surface area contributed by atoms with Gasteiger partial charge in [0.1, 0.15) is 17.1 Å². The van der Waals surface area contributed by atoms with Gasteiger partial charge < -0.3 is 20.1 Å². The van der Waals surface area contributed by atoms with Crippen molar-refractivity contribution in [3.63, 3.8) is 0 Å². The summed E-state index contributed by atoms with van der Waals surface area (Å²) in [4.78, 5) is 54.2. The van der Waals surface area contributed by atoms with E-state index >= 15 is 0 Å². The lowest BCUT2D eigenvalue weighted by Gasteiger charge is -2.11. The van der Waals surface area contributed by atoms with E-state index in [1.807, 2.05) is 0 Å². The van der Waals surface area contributed by atoms with Crippen LogP contribution in [0.25, 0.3) is 33.7 Å². The molecular weight excluding hydrogens is 884 g/mol. The van der Waals surface area contributed by atoms with Crippen molar-refractivity contribution in [2.75, 3.05) is 23.8 Å². The smallest absolute Gasteiger partial charge is 0.450 e. The Morgan fingerprint density at radius 1 is 0.585 bits per heavy atom. The number of amides is 2. The van der Waals surface area contributed by atoms with E-state index in [9.17, 15) is 49.1 Å². The van der Waals surface area contributed by atoms with Crippen molar-refractivity contribution in [3.05, 3.63) is 132 Å². The molecule has 0 aliphatic heterocycles. The van der Waals surface area contributed by atoms with E-state index < -0.39 is 58.8 Å². The van der Waals surface area contributed by atoms with E-state index in [0.29, 0.717) is 37.1 Å². The Bertz CT molecular complexity index is 3010. The van der Waals surface area contributed by atoms with Gasteiger partial charge in [-0.2, -0.15) is 26.3 Å². The maximum absolute atomic E-state index is 13.7. The molecule has 25 heteroatoms. The predicted octanol–water partition coefficient (Wildman–Crippen LogP) is 8.18. The molecule has 0 atom stereocenters. The van der Waals surface area contributed by atoms with Crippen LogP contribution >= 0.6 is 0 Å². The Hall–Kier alpha value is -8.25. The van der Waals surface area contributed by atoms with Gasteiger partial charge in [-0.25, -0.2) is 43.1 Å². The number of halogens is 9. The van der Waals surface area contributed by atoms with Gasteiger partial charge in [0.2, 0.25) is 11.6 Å². The minimum atomic E-state index is -4.81. The number of ether oxygens (including phenoxy) is 2. The minimum absolute atomic E-state index is 0.0242. The summed E-state index contributed by atoms with van der Waals surface area (Å²) < 4.78 is 135. The molecule has 0 unspecified atom stereocenters. The summed E-state index contributed by atoms with van der Waals surface area (Å²) in [5.41, 5.74) is -0.827. The van der Waals surface area contributed by atoms with E-state index in [-0.39, 0.29) is 50.9 Å². The largest absolute Gasteiger partial charge is 0.494 e. The maximum Gasteiger partial charge on any atom is 0.450 e. The zero-order valence-corrected chi connectivity index (χ0v) is 33.1. The molecule has 0 saturated heterocycles. The molecule has 2 aromatic carbocycles. The second-order valence-electron chi connectivity index (χ2n) is 13.0. The molecule has 6 aromatic heterocycles. The number of fused-ring (bicyclic) bond motifs is 2. The van der Waals surface area contributed by atoms with E-state index in [0.717, 1.165) is 40.1 Å². The van der Waals surface area contributed by atoms with E-state index in [1.165, 1.54) is 48.7 Å². The summed E-state index contributed by atoms with van der Waals surface area (Å²) in [6, 6.07) is 9.79. The van der Waals surface area contributed by atoms with Crippen LogP contribution in [0.2, 0.25) is 0 Å². The van der Waals surface area contributed by atoms with Crippen molar-refractivity contribution in [1.29, 1.82) is 0 Å². The van der Waals surface area contributed by atoms with Crippen molar-refractivity contribution >= 4 is 45.5 Å². The molecular formula is C40H27F9N12O4. The SMILES string of the molecule is CCOc1ccc2c(c1)nc(C(F)(F)F)n2-c1cnc(NC(=O)c2c(F)cncc2F)cn1.CCOc1ccc2c(c1)nc(C(F)(F)F)n2-c1cnc(NC(=O)c2ccncc2F)cn1. The molecule has 16 nitrogen and oxygen atoms in total. The molecule has 0 radical (unpaired) electrons. The molecule has 2 amide bonds. The van der Waals surface area contributed by atoms with Crippen LogP contribution in [0.5, 0.6) is 11.5 Å². The van der Waals surface area contributed by atoms with Gasteiger partial charge in [0.15, 0.2) is 40.7 Å². The van der Waals surface area contributed by atoms with Gasteiger partial charge in [0, 0.05) is 18.3 Å². The number of aromatic nitrogens is 10. The Morgan fingerprint density at radius 2 is 1.05 bits per heavy atom. The molecule has 0 fully saturated rings. The lowest BCUT2D eigenvalue weighted by Crippen LogP contribution is -2.18. The van der Waals surface area contributed by atoms with E-state index in [2.05, 4.69) is 50.5 Å². The van der Waals surface area contributed by atoms with Crippen LogP contribution in [0, 0.1) is 17.5 Å². The van der Waals surface area contributed by atoms with Gasteiger partial charge in [-0.3, -0.25) is 28.7 Å². The van der Waals surface area contributed by atoms with Crippen molar-refractivity contribution in [3.8, 4) is 23.1 Å². The average molecular weight is 911 g/mol. The lowest BCUT2D eigenvalue weighted by molar-refractivity contribution is -0.146. The Morgan fingerprint density at radius 3 is 1.46 bits per heavy atom. The number of anilines is 2. The van der Waals surface area contributed by atoms with Crippen LogP contribution in [0.4, 0.5) is 51.1 Å². The highest BCUT2D eigenvalue weighted by Crippen LogP contribution is 2.36. The Labute approximate surface area is 358 Å². The molecule has 0 bridgehead atoms. The third-order valence-corrected chi connectivity index (χ3v) is 8.70. The first kappa shape index (κ1) is 44.8. The number of imidazole rings is 2. The normalized spacial score (nSPS) is 11.6. The van der Waals surface area contributed by atoms with Gasteiger partial charge in [-0.1, -0.05) is 0 Å². The number of hydrogen-bond donors (Lipinski definition) is 2. The molecule has 0 aliphatic carbocycles. The number of carbonyl (C=O) groups excluding carboxylic acids is 2. The van der Waals surface area contributed by atoms with E-state index in [1.54, 1.807) is 13.8 Å². The maximum atomic E-state index is 13.7. The highest BCUT2D eigenvalue weighted by atomic mass is 19.4. The van der Waals surface area contributed by atoms with Gasteiger partial charge >= 0.3 is 12.4 Å². The van der Waals surface area contributed by atoms with Gasteiger partial charge in [0.25, 0.3) is 11.8 Å². The quantitative estimate of drug-likeness (QED) is 0.125. The van der Waals surface area contributed by atoms with Crippen molar-refractivity contribution in [2.24, 2.45) is 0 Å². The van der Waals surface area contributed by atoms with Crippen LogP contribution in [0.3, 0.4) is 0 Å². The molecule has 8 rings (SSSR count). The number of pyridine rings is 2. The average Bonchev–Trinajstić information content (AvgIpc) is 3.85. The molecule has 8 aromatic rings. The molecule has 0 spiro atoms. The van der Waals surface area contributed by atoms with Crippen molar-refractivity contribution in [1.82, 2.24) is 49.0 Å². The molecule has 0 saturated carbocycles. The zero-order valence-electron chi connectivity index (χ0n) is 33.1. The predicted molar refractivity (Wildman–Crippen MR) is 210 cm³/mol. The summed E-state index contributed by atoms with van der Waals surface area (Å²) >= 11 is 0. The number of alkyl halides is 6. The van der Waals surface area contributed by atoms with Crippen LogP contribution < -0.4 is 20.1 Å². The first-order chi connectivity index (χ1) is 31.0.